The van der Waals surface area contributed by atoms with Gasteiger partial charge in [-0.1, -0.05) is 237 Å². The van der Waals surface area contributed by atoms with Crippen molar-refractivity contribution in [2.45, 2.75) is 284 Å². The Morgan fingerprint density at radius 2 is 0.590 bits per heavy atom. The van der Waals surface area contributed by atoms with Crippen LogP contribution in [0.3, 0.4) is 0 Å². The quantitative estimate of drug-likeness (QED) is 0.0262. The molecule has 0 N–H and O–H groups in total. The molecule has 356 valence electrons. The first kappa shape index (κ1) is 58.6. The van der Waals surface area contributed by atoms with Gasteiger partial charge >= 0.3 is 17.9 Å². The molecule has 0 bridgehead atoms. The molecule has 0 fully saturated rings. The summed E-state index contributed by atoms with van der Waals surface area (Å²) in [5.41, 5.74) is 0. The van der Waals surface area contributed by atoms with Gasteiger partial charge in [0.05, 0.1) is 0 Å². The molecule has 0 aliphatic carbocycles. The zero-order chi connectivity index (χ0) is 44.4. The molecular formula is C55H100O6. The summed E-state index contributed by atoms with van der Waals surface area (Å²) in [7, 11) is 0. The van der Waals surface area contributed by atoms with Crippen LogP contribution >= 0.6 is 0 Å². The van der Waals surface area contributed by atoms with Gasteiger partial charge in [0.1, 0.15) is 13.2 Å². The van der Waals surface area contributed by atoms with Gasteiger partial charge in [-0.25, -0.2) is 0 Å². The molecule has 0 saturated carbocycles. The lowest BCUT2D eigenvalue weighted by molar-refractivity contribution is -0.167. The van der Waals surface area contributed by atoms with Crippen LogP contribution in [0.25, 0.3) is 0 Å². The van der Waals surface area contributed by atoms with E-state index in [1.807, 2.05) is 0 Å². The molecule has 6 heteroatoms. The number of hydrogen-bond acceptors (Lipinski definition) is 6. The number of unbranched alkanes of at least 4 members (excludes halogenated alkanes) is 31. The van der Waals surface area contributed by atoms with E-state index in [0.717, 1.165) is 70.6 Å². The van der Waals surface area contributed by atoms with Gasteiger partial charge in [-0.15, -0.1) is 0 Å². The second kappa shape index (κ2) is 50.3. The Morgan fingerprint density at radius 3 is 0.951 bits per heavy atom. The number of carbonyl (C=O) groups is 3. The smallest absolute Gasteiger partial charge is 0.306 e. The predicted octanol–water partition coefficient (Wildman–Crippen LogP) is 17.3. The lowest BCUT2D eigenvalue weighted by Gasteiger charge is -2.18. The molecule has 0 rings (SSSR count). The van der Waals surface area contributed by atoms with E-state index in [-0.39, 0.29) is 31.1 Å². The molecule has 0 heterocycles. The standard InChI is InChI=1S/C55H100O6/c1-4-7-10-13-16-19-22-25-28-31-33-36-39-42-45-48-54(57)60-51-52(61-55(58)49-46-43-40-37-34-30-27-24-21-18-15-12-9-6-3)50-59-53(56)47-44-41-38-35-32-29-26-23-20-17-14-11-8-5-2/h16,19,25,28,33,36,52H,4-15,17-18,20-24,26-27,29-32,34-35,37-51H2,1-3H3/b19-16-,28-25-,36-33-/t52-/m1/s1. The summed E-state index contributed by atoms with van der Waals surface area (Å²) in [5.74, 6) is -0.906. The van der Waals surface area contributed by atoms with E-state index in [0.29, 0.717) is 19.3 Å². The molecule has 0 amide bonds. The van der Waals surface area contributed by atoms with E-state index in [4.69, 9.17) is 14.2 Å². The lowest BCUT2D eigenvalue weighted by atomic mass is 10.0. The molecule has 0 radical (unpaired) electrons. The minimum Gasteiger partial charge on any atom is -0.462 e. The third-order valence-electron chi connectivity index (χ3n) is 11.6. The molecule has 0 aromatic rings. The first-order chi connectivity index (χ1) is 30.0. The Kier molecular flexibility index (Phi) is 48.3. The molecule has 0 aromatic carbocycles. The average molecular weight is 857 g/mol. The normalized spacial score (nSPS) is 12.2. The van der Waals surface area contributed by atoms with E-state index in [1.165, 1.54) is 167 Å². The highest BCUT2D eigenvalue weighted by molar-refractivity contribution is 5.71. The maximum Gasteiger partial charge on any atom is 0.306 e. The number of hydrogen-bond donors (Lipinski definition) is 0. The highest BCUT2D eigenvalue weighted by Crippen LogP contribution is 2.16. The van der Waals surface area contributed by atoms with Crippen LogP contribution in [-0.2, 0) is 28.6 Å². The Labute approximate surface area is 378 Å². The van der Waals surface area contributed by atoms with Crippen LogP contribution in [0.4, 0.5) is 0 Å². The van der Waals surface area contributed by atoms with Gasteiger partial charge in [0, 0.05) is 19.3 Å². The topological polar surface area (TPSA) is 78.9 Å². The van der Waals surface area contributed by atoms with E-state index in [2.05, 4.69) is 57.2 Å². The second-order valence-corrected chi connectivity index (χ2v) is 17.8. The van der Waals surface area contributed by atoms with Crippen molar-refractivity contribution in [1.82, 2.24) is 0 Å². The molecule has 0 aliphatic rings. The van der Waals surface area contributed by atoms with Crippen molar-refractivity contribution >= 4 is 17.9 Å². The number of ether oxygens (including phenoxy) is 3. The summed E-state index contributed by atoms with van der Waals surface area (Å²) in [5, 5.41) is 0. The Morgan fingerprint density at radius 1 is 0.328 bits per heavy atom. The van der Waals surface area contributed by atoms with E-state index in [9.17, 15) is 14.4 Å². The van der Waals surface area contributed by atoms with Crippen molar-refractivity contribution < 1.29 is 28.6 Å². The van der Waals surface area contributed by atoms with E-state index in [1.54, 1.807) is 0 Å². The van der Waals surface area contributed by atoms with Gasteiger partial charge in [0.2, 0.25) is 0 Å². The number of carbonyl (C=O) groups excluding carboxylic acids is 3. The van der Waals surface area contributed by atoms with Gasteiger partial charge in [0.15, 0.2) is 6.10 Å². The third kappa shape index (κ3) is 48.5. The number of esters is 3. The second-order valence-electron chi connectivity index (χ2n) is 17.8. The van der Waals surface area contributed by atoms with Crippen LogP contribution in [0.5, 0.6) is 0 Å². The van der Waals surface area contributed by atoms with Crippen molar-refractivity contribution in [2.24, 2.45) is 0 Å². The van der Waals surface area contributed by atoms with Crippen LogP contribution in [0.15, 0.2) is 36.5 Å². The molecular weight excluding hydrogens is 757 g/mol. The molecule has 1 atom stereocenters. The fraction of sp³-hybridized carbons (Fsp3) is 0.836. The van der Waals surface area contributed by atoms with Crippen LogP contribution in [-0.4, -0.2) is 37.2 Å². The van der Waals surface area contributed by atoms with Crippen molar-refractivity contribution in [3.63, 3.8) is 0 Å². The molecule has 0 spiro atoms. The maximum absolute atomic E-state index is 12.8. The van der Waals surface area contributed by atoms with E-state index < -0.39 is 6.10 Å². The number of allylic oxidation sites excluding steroid dienone is 6. The first-order valence-corrected chi connectivity index (χ1v) is 26.5. The zero-order valence-corrected chi connectivity index (χ0v) is 40.7. The van der Waals surface area contributed by atoms with Crippen molar-refractivity contribution in [1.29, 1.82) is 0 Å². The van der Waals surface area contributed by atoms with Crippen LogP contribution < -0.4 is 0 Å². The summed E-state index contributed by atoms with van der Waals surface area (Å²) in [6.07, 6.45) is 58.4. The van der Waals surface area contributed by atoms with Gasteiger partial charge in [-0.2, -0.15) is 0 Å². The van der Waals surface area contributed by atoms with Crippen LogP contribution in [0, 0.1) is 0 Å². The Hall–Kier alpha value is -2.37. The minimum absolute atomic E-state index is 0.0797. The van der Waals surface area contributed by atoms with Gasteiger partial charge in [-0.3, -0.25) is 14.4 Å². The minimum atomic E-state index is -0.782. The Balaban J connectivity index is 4.40. The SMILES string of the molecule is CCCCC/C=C\C/C=C\C/C=C\CCCCC(=O)OC[C@@H](COC(=O)CCCCCCCCCCCCCCCC)OC(=O)CCCCCCCCCCCCCCCC. The number of rotatable bonds is 48. The van der Waals surface area contributed by atoms with Crippen molar-refractivity contribution in [3.05, 3.63) is 36.5 Å². The Bertz CT molecular complexity index is 1030. The lowest BCUT2D eigenvalue weighted by Crippen LogP contribution is -2.30. The van der Waals surface area contributed by atoms with Gasteiger partial charge in [0.25, 0.3) is 0 Å². The van der Waals surface area contributed by atoms with E-state index >= 15 is 0 Å². The monoisotopic (exact) mass is 857 g/mol. The zero-order valence-electron chi connectivity index (χ0n) is 40.7. The molecule has 6 nitrogen and oxygen atoms in total. The van der Waals surface area contributed by atoms with Crippen molar-refractivity contribution in [3.8, 4) is 0 Å². The summed E-state index contributed by atoms with van der Waals surface area (Å²) in [6.45, 7) is 6.60. The van der Waals surface area contributed by atoms with Crippen LogP contribution in [0.2, 0.25) is 0 Å². The highest BCUT2D eigenvalue weighted by atomic mass is 16.6. The fourth-order valence-electron chi connectivity index (χ4n) is 7.63. The molecule has 0 saturated heterocycles. The highest BCUT2D eigenvalue weighted by Gasteiger charge is 2.19. The maximum atomic E-state index is 12.8. The van der Waals surface area contributed by atoms with Gasteiger partial charge in [-0.05, 0) is 57.8 Å². The molecule has 0 unspecified atom stereocenters. The summed E-state index contributed by atoms with van der Waals surface area (Å²) >= 11 is 0. The molecule has 61 heavy (non-hydrogen) atoms. The molecule has 0 aromatic heterocycles. The fourth-order valence-corrected chi connectivity index (χ4v) is 7.63. The largest absolute Gasteiger partial charge is 0.462 e. The predicted molar refractivity (Wildman–Crippen MR) is 261 cm³/mol. The average Bonchev–Trinajstić information content (AvgIpc) is 3.26. The summed E-state index contributed by atoms with van der Waals surface area (Å²) < 4.78 is 16.8. The summed E-state index contributed by atoms with van der Waals surface area (Å²) in [6, 6.07) is 0. The van der Waals surface area contributed by atoms with Crippen molar-refractivity contribution in [2.75, 3.05) is 13.2 Å². The first-order valence-electron chi connectivity index (χ1n) is 26.5. The summed E-state index contributed by atoms with van der Waals surface area (Å²) in [4.78, 5) is 38.0. The molecule has 0 aliphatic heterocycles. The van der Waals surface area contributed by atoms with Gasteiger partial charge < -0.3 is 14.2 Å². The van der Waals surface area contributed by atoms with Crippen LogP contribution in [0.1, 0.15) is 278 Å². The third-order valence-corrected chi connectivity index (χ3v) is 11.6.